The van der Waals surface area contributed by atoms with Crippen LogP contribution in [-0.4, -0.2) is 26.6 Å². The van der Waals surface area contributed by atoms with Crippen LogP contribution in [0.25, 0.3) is 5.65 Å². The highest BCUT2D eigenvalue weighted by atomic mass is 15.3. The zero-order valence-corrected chi connectivity index (χ0v) is 12.0. The molecule has 5 nitrogen and oxygen atoms in total. The topological polar surface area (TPSA) is 46.3 Å². The van der Waals surface area contributed by atoms with Crippen molar-refractivity contribution in [2.75, 3.05) is 11.9 Å². The Morgan fingerprint density at radius 3 is 2.95 bits per heavy atom. The molecule has 1 fully saturated rings. The molecule has 3 aromatic rings. The van der Waals surface area contributed by atoms with E-state index >= 15 is 0 Å². The van der Waals surface area contributed by atoms with Crippen molar-refractivity contribution in [3.8, 4) is 0 Å². The minimum absolute atomic E-state index is 0.635. The van der Waals surface area contributed by atoms with Crippen molar-refractivity contribution < 1.29 is 0 Å². The molecule has 0 unspecified atom stereocenters. The molecule has 3 heterocycles. The maximum absolute atomic E-state index is 4.71. The number of aromatic nitrogens is 4. The van der Waals surface area contributed by atoms with Crippen molar-refractivity contribution in [2.45, 2.75) is 25.3 Å². The second kappa shape index (κ2) is 4.84. The summed E-state index contributed by atoms with van der Waals surface area (Å²) in [4.78, 5) is 11.1. The molecule has 0 bridgehead atoms. The smallest absolute Gasteiger partial charge is 0.157 e. The highest BCUT2D eigenvalue weighted by Gasteiger charge is 2.26. The Morgan fingerprint density at radius 1 is 1.29 bits per heavy atom. The van der Waals surface area contributed by atoms with E-state index in [2.05, 4.69) is 34.2 Å². The average Bonchev–Trinajstić information content (AvgIpc) is 3.25. The van der Waals surface area contributed by atoms with Crippen molar-refractivity contribution in [3.63, 3.8) is 0 Å². The first-order chi connectivity index (χ1) is 10.3. The van der Waals surface area contributed by atoms with E-state index in [1.807, 2.05) is 22.8 Å². The minimum atomic E-state index is 0.635. The standard InChI is InChI=1S/C16H17N5/c1-20(11-12-3-2-7-17-10-12)16-9-14(13-4-5-13)19-15-6-8-18-21(15)16/h2-3,6-10,13H,4-5,11H2,1H3. The minimum Gasteiger partial charge on any atom is -0.355 e. The van der Waals surface area contributed by atoms with Gasteiger partial charge in [-0.15, -0.1) is 0 Å². The molecule has 1 aliphatic rings. The van der Waals surface area contributed by atoms with Crippen LogP contribution >= 0.6 is 0 Å². The molecule has 5 heteroatoms. The fourth-order valence-electron chi connectivity index (χ4n) is 2.62. The van der Waals surface area contributed by atoms with Crippen LogP contribution in [0.4, 0.5) is 5.82 Å². The van der Waals surface area contributed by atoms with Gasteiger partial charge in [0.25, 0.3) is 0 Å². The first-order valence-electron chi connectivity index (χ1n) is 7.26. The van der Waals surface area contributed by atoms with E-state index in [1.54, 1.807) is 12.4 Å². The zero-order chi connectivity index (χ0) is 14.2. The molecule has 0 spiro atoms. The van der Waals surface area contributed by atoms with Crippen molar-refractivity contribution >= 4 is 11.5 Å². The second-order valence-electron chi connectivity index (χ2n) is 5.63. The van der Waals surface area contributed by atoms with E-state index in [0.29, 0.717) is 5.92 Å². The van der Waals surface area contributed by atoms with E-state index in [-0.39, 0.29) is 0 Å². The van der Waals surface area contributed by atoms with E-state index in [9.17, 15) is 0 Å². The van der Waals surface area contributed by atoms with Crippen LogP contribution in [0.1, 0.15) is 30.0 Å². The van der Waals surface area contributed by atoms with E-state index in [4.69, 9.17) is 4.98 Å². The Labute approximate surface area is 123 Å². The third-order valence-corrected chi connectivity index (χ3v) is 3.89. The maximum Gasteiger partial charge on any atom is 0.157 e. The number of rotatable bonds is 4. The lowest BCUT2D eigenvalue weighted by molar-refractivity contribution is 0.819. The van der Waals surface area contributed by atoms with Crippen LogP contribution in [0.3, 0.4) is 0 Å². The van der Waals surface area contributed by atoms with Crippen LogP contribution in [0.2, 0.25) is 0 Å². The van der Waals surface area contributed by atoms with Gasteiger partial charge in [0.15, 0.2) is 5.65 Å². The summed E-state index contributed by atoms with van der Waals surface area (Å²) < 4.78 is 1.91. The number of nitrogens with zero attached hydrogens (tertiary/aromatic N) is 5. The molecule has 0 amide bonds. The summed E-state index contributed by atoms with van der Waals surface area (Å²) in [7, 11) is 2.08. The van der Waals surface area contributed by atoms with Gasteiger partial charge in [-0.25, -0.2) is 4.98 Å². The van der Waals surface area contributed by atoms with Crippen LogP contribution in [0, 0.1) is 0 Å². The average molecular weight is 279 g/mol. The molecule has 0 aromatic carbocycles. The Hall–Kier alpha value is -2.43. The van der Waals surface area contributed by atoms with Crippen molar-refractivity contribution in [1.29, 1.82) is 0 Å². The Kier molecular flexibility index (Phi) is 2.84. The van der Waals surface area contributed by atoms with Crippen molar-refractivity contribution in [2.24, 2.45) is 0 Å². The fraction of sp³-hybridized carbons (Fsp3) is 0.312. The van der Waals surface area contributed by atoms with E-state index < -0.39 is 0 Å². The van der Waals surface area contributed by atoms with Gasteiger partial charge in [0, 0.05) is 49.7 Å². The lowest BCUT2D eigenvalue weighted by Gasteiger charge is -2.20. The van der Waals surface area contributed by atoms with Crippen molar-refractivity contribution in [1.82, 2.24) is 19.6 Å². The molecule has 0 saturated heterocycles. The summed E-state index contributed by atoms with van der Waals surface area (Å²) in [5, 5.41) is 4.40. The molecule has 1 saturated carbocycles. The molecule has 0 N–H and O–H groups in total. The van der Waals surface area contributed by atoms with Gasteiger partial charge in [0.1, 0.15) is 5.82 Å². The molecule has 0 radical (unpaired) electrons. The van der Waals surface area contributed by atoms with Crippen molar-refractivity contribution in [3.05, 3.63) is 54.1 Å². The number of pyridine rings is 1. The SMILES string of the molecule is CN(Cc1cccnc1)c1cc(C2CC2)nc2ccnn12. The van der Waals surface area contributed by atoms with Gasteiger partial charge in [0.05, 0.1) is 6.20 Å². The number of hydrogen-bond donors (Lipinski definition) is 0. The molecule has 4 rings (SSSR count). The van der Waals surface area contributed by atoms with E-state index in [1.165, 1.54) is 24.1 Å². The predicted octanol–water partition coefficient (Wildman–Crippen LogP) is 2.64. The molecule has 3 aromatic heterocycles. The zero-order valence-electron chi connectivity index (χ0n) is 12.0. The Morgan fingerprint density at radius 2 is 2.19 bits per heavy atom. The number of fused-ring (bicyclic) bond motifs is 1. The predicted molar refractivity (Wildman–Crippen MR) is 81.3 cm³/mol. The summed E-state index contributed by atoms with van der Waals surface area (Å²) in [5.41, 5.74) is 3.30. The lowest BCUT2D eigenvalue weighted by atomic mass is 10.2. The monoisotopic (exact) mass is 279 g/mol. The normalized spacial score (nSPS) is 14.5. The van der Waals surface area contributed by atoms with Crippen LogP contribution < -0.4 is 4.90 Å². The quantitative estimate of drug-likeness (QED) is 0.736. The van der Waals surface area contributed by atoms with Crippen LogP contribution in [0.5, 0.6) is 0 Å². The van der Waals surface area contributed by atoms with Gasteiger partial charge in [-0.3, -0.25) is 4.98 Å². The first kappa shape index (κ1) is 12.3. The summed E-state index contributed by atoms with van der Waals surface area (Å²) in [5.74, 6) is 1.71. The lowest BCUT2D eigenvalue weighted by Crippen LogP contribution is -2.20. The largest absolute Gasteiger partial charge is 0.355 e. The van der Waals surface area contributed by atoms with Gasteiger partial charge in [-0.05, 0) is 24.5 Å². The van der Waals surface area contributed by atoms with E-state index in [0.717, 1.165) is 18.0 Å². The third-order valence-electron chi connectivity index (χ3n) is 3.89. The molecule has 106 valence electrons. The molecule has 0 atom stereocenters. The number of hydrogen-bond acceptors (Lipinski definition) is 4. The summed E-state index contributed by atoms with van der Waals surface area (Å²) in [6.45, 7) is 0.802. The molecular formula is C16H17N5. The first-order valence-corrected chi connectivity index (χ1v) is 7.26. The second-order valence-corrected chi connectivity index (χ2v) is 5.63. The van der Waals surface area contributed by atoms with Gasteiger partial charge in [-0.1, -0.05) is 6.07 Å². The third kappa shape index (κ3) is 2.35. The van der Waals surface area contributed by atoms with Gasteiger partial charge in [-0.2, -0.15) is 9.61 Å². The van der Waals surface area contributed by atoms with Gasteiger partial charge in [0.2, 0.25) is 0 Å². The fourth-order valence-corrected chi connectivity index (χ4v) is 2.62. The Bertz CT molecular complexity index is 761. The summed E-state index contributed by atoms with van der Waals surface area (Å²) in [6, 6.07) is 8.20. The molecule has 21 heavy (non-hydrogen) atoms. The molecule has 1 aliphatic carbocycles. The highest BCUT2D eigenvalue weighted by Crippen LogP contribution is 2.40. The maximum atomic E-state index is 4.71. The number of anilines is 1. The van der Waals surface area contributed by atoms with Crippen LogP contribution in [0.15, 0.2) is 42.9 Å². The van der Waals surface area contributed by atoms with Crippen LogP contribution in [-0.2, 0) is 6.54 Å². The van der Waals surface area contributed by atoms with Gasteiger partial charge < -0.3 is 4.90 Å². The summed E-state index contributed by atoms with van der Waals surface area (Å²) >= 11 is 0. The van der Waals surface area contributed by atoms with Gasteiger partial charge >= 0.3 is 0 Å². The molecule has 0 aliphatic heterocycles. The Balaban J connectivity index is 1.72. The molecular weight excluding hydrogens is 262 g/mol. The summed E-state index contributed by atoms with van der Waals surface area (Å²) in [6.07, 6.45) is 8.01. The highest BCUT2D eigenvalue weighted by molar-refractivity contribution is 5.51.